The Hall–Kier alpha value is -2.08. The quantitative estimate of drug-likeness (QED) is 0.852. The number of carbonyl (C=O) groups is 2. The zero-order valence-electron chi connectivity index (χ0n) is 10.3. The Balaban J connectivity index is 1.80. The highest BCUT2D eigenvalue weighted by atomic mass is 32.1. The van der Waals surface area contributed by atoms with Crippen LogP contribution in [0.4, 0.5) is 0 Å². The van der Waals surface area contributed by atoms with Gasteiger partial charge in [-0.15, -0.1) is 0 Å². The zero-order chi connectivity index (χ0) is 13.7. The summed E-state index contributed by atoms with van der Waals surface area (Å²) in [5, 5.41) is 6.08. The Morgan fingerprint density at radius 3 is 2.95 bits per heavy atom. The highest BCUT2D eigenvalue weighted by Gasteiger charge is 2.18. The lowest BCUT2D eigenvalue weighted by Gasteiger charge is -2.12. The van der Waals surface area contributed by atoms with Crippen molar-refractivity contribution in [2.45, 2.75) is 19.6 Å². The van der Waals surface area contributed by atoms with Gasteiger partial charge in [-0.1, -0.05) is 0 Å². The van der Waals surface area contributed by atoms with Crippen LogP contribution in [0.25, 0.3) is 0 Å². The van der Waals surface area contributed by atoms with Gasteiger partial charge in [0.15, 0.2) is 6.10 Å². The first kappa shape index (κ1) is 13.4. The molecule has 2 aromatic heterocycles. The molecule has 100 valence electrons. The van der Waals surface area contributed by atoms with Gasteiger partial charge in [0.25, 0.3) is 5.91 Å². The number of rotatable bonds is 5. The minimum atomic E-state index is -0.845. The van der Waals surface area contributed by atoms with E-state index in [1.807, 2.05) is 0 Å². The summed E-state index contributed by atoms with van der Waals surface area (Å²) in [6.07, 6.45) is 0.684. The van der Waals surface area contributed by atoms with Gasteiger partial charge in [-0.2, -0.15) is 11.3 Å². The standard InChI is InChI=1S/C13H13NO4S/c1-9(18-13(16)10-4-6-19-8-10)12(15)14-7-11-3-2-5-17-11/h2-6,8-9H,7H2,1H3,(H,14,15). The maximum Gasteiger partial charge on any atom is 0.339 e. The molecule has 6 heteroatoms. The van der Waals surface area contributed by atoms with Crippen molar-refractivity contribution in [2.24, 2.45) is 0 Å². The number of hydrogen-bond donors (Lipinski definition) is 1. The number of amides is 1. The van der Waals surface area contributed by atoms with Crippen molar-refractivity contribution >= 4 is 23.2 Å². The van der Waals surface area contributed by atoms with E-state index < -0.39 is 12.1 Å². The molecule has 1 amide bonds. The van der Waals surface area contributed by atoms with E-state index >= 15 is 0 Å². The normalized spacial score (nSPS) is 11.8. The number of nitrogens with one attached hydrogen (secondary N) is 1. The van der Waals surface area contributed by atoms with E-state index in [0.717, 1.165) is 0 Å². The molecule has 0 aliphatic carbocycles. The summed E-state index contributed by atoms with van der Waals surface area (Å²) in [4.78, 5) is 23.4. The predicted molar refractivity (Wildman–Crippen MR) is 69.8 cm³/mol. The number of ether oxygens (including phenoxy) is 1. The van der Waals surface area contributed by atoms with Crippen LogP contribution < -0.4 is 5.32 Å². The molecule has 0 aliphatic heterocycles. The molecule has 1 atom stereocenters. The van der Waals surface area contributed by atoms with Gasteiger partial charge in [-0.05, 0) is 30.5 Å². The Labute approximate surface area is 114 Å². The molecule has 5 nitrogen and oxygen atoms in total. The molecule has 0 spiro atoms. The maximum absolute atomic E-state index is 11.7. The van der Waals surface area contributed by atoms with Crippen LogP contribution in [0.3, 0.4) is 0 Å². The summed E-state index contributed by atoms with van der Waals surface area (Å²) >= 11 is 1.40. The number of furan rings is 1. The summed E-state index contributed by atoms with van der Waals surface area (Å²) in [5.41, 5.74) is 0.454. The first-order valence-corrected chi connectivity index (χ1v) is 6.64. The van der Waals surface area contributed by atoms with Crippen LogP contribution in [-0.4, -0.2) is 18.0 Å². The van der Waals surface area contributed by atoms with Gasteiger partial charge in [-0.3, -0.25) is 4.79 Å². The molecule has 0 saturated carbocycles. The molecule has 0 bridgehead atoms. The van der Waals surface area contributed by atoms with Gasteiger partial charge in [0.1, 0.15) is 5.76 Å². The Kier molecular flexibility index (Phi) is 4.35. The van der Waals surface area contributed by atoms with Crippen LogP contribution >= 0.6 is 11.3 Å². The third-order valence-corrected chi connectivity index (χ3v) is 3.11. The fraction of sp³-hybridized carbons (Fsp3) is 0.231. The Morgan fingerprint density at radius 1 is 1.47 bits per heavy atom. The summed E-state index contributed by atoms with van der Waals surface area (Å²) in [6, 6.07) is 5.14. The van der Waals surface area contributed by atoms with Crippen molar-refractivity contribution in [2.75, 3.05) is 0 Å². The van der Waals surface area contributed by atoms with E-state index in [-0.39, 0.29) is 12.5 Å². The first-order chi connectivity index (χ1) is 9.16. The fourth-order valence-corrected chi connectivity index (χ4v) is 2.02. The van der Waals surface area contributed by atoms with E-state index in [1.165, 1.54) is 24.5 Å². The van der Waals surface area contributed by atoms with E-state index in [2.05, 4.69) is 5.32 Å². The maximum atomic E-state index is 11.7. The van der Waals surface area contributed by atoms with Gasteiger partial charge in [0.2, 0.25) is 0 Å². The SMILES string of the molecule is CC(OC(=O)c1ccsc1)C(=O)NCc1ccco1. The molecule has 2 aromatic rings. The molecular formula is C13H13NO4S. The Morgan fingerprint density at radius 2 is 2.32 bits per heavy atom. The van der Waals surface area contributed by atoms with Crippen LogP contribution in [0.2, 0.25) is 0 Å². The largest absolute Gasteiger partial charge is 0.467 e. The second-order valence-corrected chi connectivity index (χ2v) is 4.64. The van der Waals surface area contributed by atoms with E-state index in [4.69, 9.17) is 9.15 Å². The summed E-state index contributed by atoms with van der Waals surface area (Å²) in [5.74, 6) is -0.216. The van der Waals surface area contributed by atoms with Crippen molar-refractivity contribution in [3.63, 3.8) is 0 Å². The van der Waals surface area contributed by atoms with Crippen molar-refractivity contribution in [3.8, 4) is 0 Å². The van der Waals surface area contributed by atoms with Gasteiger partial charge < -0.3 is 14.5 Å². The average Bonchev–Trinajstić information content (AvgIpc) is 3.08. The Bertz CT molecular complexity index is 533. The van der Waals surface area contributed by atoms with Crippen LogP contribution in [0.1, 0.15) is 23.0 Å². The van der Waals surface area contributed by atoms with Crippen LogP contribution in [0.5, 0.6) is 0 Å². The lowest BCUT2D eigenvalue weighted by Crippen LogP contribution is -2.35. The third-order valence-electron chi connectivity index (χ3n) is 2.43. The molecule has 0 aliphatic rings. The molecule has 1 N–H and O–H groups in total. The number of hydrogen-bond acceptors (Lipinski definition) is 5. The van der Waals surface area contributed by atoms with Crippen molar-refractivity contribution in [3.05, 3.63) is 46.5 Å². The zero-order valence-corrected chi connectivity index (χ0v) is 11.1. The van der Waals surface area contributed by atoms with Crippen molar-refractivity contribution in [1.82, 2.24) is 5.32 Å². The molecule has 2 heterocycles. The molecule has 0 radical (unpaired) electrons. The summed E-state index contributed by atoms with van der Waals surface area (Å²) in [6.45, 7) is 1.80. The fourth-order valence-electron chi connectivity index (χ4n) is 1.39. The first-order valence-electron chi connectivity index (χ1n) is 5.70. The van der Waals surface area contributed by atoms with Crippen LogP contribution in [0, 0.1) is 0 Å². The van der Waals surface area contributed by atoms with Gasteiger partial charge >= 0.3 is 5.97 Å². The molecule has 0 fully saturated rings. The topological polar surface area (TPSA) is 68.5 Å². The smallest absolute Gasteiger partial charge is 0.339 e. The van der Waals surface area contributed by atoms with Gasteiger partial charge in [0, 0.05) is 5.38 Å². The highest BCUT2D eigenvalue weighted by Crippen LogP contribution is 2.09. The minimum absolute atomic E-state index is 0.270. The molecule has 0 saturated heterocycles. The molecule has 0 aromatic carbocycles. The second-order valence-electron chi connectivity index (χ2n) is 3.86. The third kappa shape index (κ3) is 3.69. The monoisotopic (exact) mass is 279 g/mol. The lowest BCUT2D eigenvalue weighted by atomic mass is 10.3. The predicted octanol–water partition coefficient (Wildman–Crippen LogP) is 2.20. The highest BCUT2D eigenvalue weighted by molar-refractivity contribution is 7.08. The number of carbonyl (C=O) groups excluding carboxylic acids is 2. The minimum Gasteiger partial charge on any atom is -0.467 e. The second kappa shape index (κ2) is 6.19. The van der Waals surface area contributed by atoms with Crippen molar-refractivity contribution < 1.29 is 18.7 Å². The van der Waals surface area contributed by atoms with E-state index in [0.29, 0.717) is 11.3 Å². The molecule has 2 rings (SSSR count). The molecule has 1 unspecified atom stereocenters. The van der Waals surface area contributed by atoms with E-state index in [1.54, 1.807) is 29.0 Å². The lowest BCUT2D eigenvalue weighted by molar-refractivity contribution is -0.129. The number of esters is 1. The van der Waals surface area contributed by atoms with Gasteiger partial charge in [-0.25, -0.2) is 4.79 Å². The van der Waals surface area contributed by atoms with Gasteiger partial charge in [0.05, 0.1) is 18.4 Å². The van der Waals surface area contributed by atoms with Crippen LogP contribution in [0.15, 0.2) is 39.6 Å². The summed E-state index contributed by atoms with van der Waals surface area (Å²) in [7, 11) is 0. The van der Waals surface area contributed by atoms with Crippen molar-refractivity contribution in [1.29, 1.82) is 0 Å². The average molecular weight is 279 g/mol. The van der Waals surface area contributed by atoms with Crippen LogP contribution in [-0.2, 0) is 16.1 Å². The number of thiophene rings is 1. The summed E-state index contributed by atoms with van der Waals surface area (Å²) < 4.78 is 10.1. The molecular weight excluding hydrogens is 266 g/mol. The van der Waals surface area contributed by atoms with E-state index in [9.17, 15) is 9.59 Å². The molecule has 19 heavy (non-hydrogen) atoms.